The average molecular weight is 352 g/mol. The summed E-state index contributed by atoms with van der Waals surface area (Å²) in [6.45, 7) is 9.46. The normalized spacial score (nSPS) is 13.4. The number of nitrogens with zero attached hydrogens (tertiary/aromatic N) is 4. The molecule has 1 aliphatic heterocycles. The van der Waals surface area contributed by atoms with Gasteiger partial charge in [0.05, 0.1) is 0 Å². The van der Waals surface area contributed by atoms with E-state index in [2.05, 4.69) is 46.9 Å². The molecule has 5 heteroatoms. The van der Waals surface area contributed by atoms with Crippen molar-refractivity contribution in [1.82, 2.24) is 14.9 Å². The van der Waals surface area contributed by atoms with E-state index in [0.717, 1.165) is 44.7 Å². The summed E-state index contributed by atoms with van der Waals surface area (Å²) in [5, 5.41) is 0. The zero-order valence-electron chi connectivity index (χ0n) is 16.0. The Morgan fingerprint density at radius 1 is 1.12 bits per heavy atom. The van der Waals surface area contributed by atoms with Crippen molar-refractivity contribution >= 4 is 11.7 Å². The summed E-state index contributed by atoms with van der Waals surface area (Å²) in [5.74, 6) is 1.52. The predicted octanol–water partition coefficient (Wildman–Crippen LogP) is 3.61. The Labute approximate surface area is 156 Å². The molecule has 0 unspecified atom stereocenters. The lowest BCUT2D eigenvalue weighted by Gasteiger charge is -2.29. The molecule has 0 bridgehead atoms. The number of anilines is 1. The molecule has 1 aromatic heterocycles. The summed E-state index contributed by atoms with van der Waals surface area (Å²) in [7, 11) is 0. The smallest absolute Gasteiger partial charge is 0.272 e. The van der Waals surface area contributed by atoms with Crippen molar-refractivity contribution in [2.24, 2.45) is 0 Å². The number of fused-ring (bicyclic) bond motifs is 1. The van der Waals surface area contributed by atoms with Gasteiger partial charge in [-0.1, -0.05) is 38.1 Å². The first-order chi connectivity index (χ1) is 12.6. The quantitative estimate of drug-likeness (QED) is 0.797. The third kappa shape index (κ3) is 4.03. The Morgan fingerprint density at radius 2 is 1.81 bits per heavy atom. The van der Waals surface area contributed by atoms with Crippen molar-refractivity contribution in [2.45, 2.75) is 46.6 Å². The molecule has 0 radical (unpaired) electrons. The van der Waals surface area contributed by atoms with Crippen LogP contribution in [0.25, 0.3) is 0 Å². The van der Waals surface area contributed by atoms with Gasteiger partial charge in [-0.15, -0.1) is 0 Å². The summed E-state index contributed by atoms with van der Waals surface area (Å²) in [6.07, 6.45) is 3.00. The summed E-state index contributed by atoms with van der Waals surface area (Å²) in [5.41, 5.74) is 3.08. The average Bonchev–Trinajstić information content (AvgIpc) is 2.66. The van der Waals surface area contributed by atoms with Gasteiger partial charge >= 0.3 is 0 Å². The van der Waals surface area contributed by atoms with Gasteiger partial charge in [-0.25, -0.2) is 9.97 Å². The number of carbonyl (C=O) groups is 1. The van der Waals surface area contributed by atoms with Crippen LogP contribution in [0.2, 0.25) is 0 Å². The highest BCUT2D eigenvalue weighted by Crippen LogP contribution is 2.21. The molecule has 2 heterocycles. The molecule has 0 fully saturated rings. The second-order valence-electron chi connectivity index (χ2n) is 6.89. The molecule has 0 saturated carbocycles. The SMILES string of the molecule is CCCN(CCC)c1cc(C(=O)N2CCc3ccccc3C2)nc(C)n1. The Morgan fingerprint density at radius 3 is 2.50 bits per heavy atom. The number of hydrogen-bond acceptors (Lipinski definition) is 4. The fourth-order valence-electron chi connectivity index (χ4n) is 3.54. The third-order valence-electron chi connectivity index (χ3n) is 4.77. The molecule has 1 aromatic carbocycles. The molecule has 26 heavy (non-hydrogen) atoms. The molecule has 1 amide bonds. The maximum Gasteiger partial charge on any atom is 0.272 e. The minimum absolute atomic E-state index is 0.000741. The van der Waals surface area contributed by atoms with Crippen LogP contribution in [0.15, 0.2) is 30.3 Å². The Kier molecular flexibility index (Phi) is 5.86. The number of amides is 1. The lowest BCUT2D eigenvalue weighted by atomic mass is 10.00. The number of rotatable bonds is 6. The molecule has 0 spiro atoms. The van der Waals surface area contributed by atoms with Crippen molar-refractivity contribution in [1.29, 1.82) is 0 Å². The molecular weight excluding hydrogens is 324 g/mol. The minimum atomic E-state index is -0.000741. The first-order valence-corrected chi connectivity index (χ1v) is 9.59. The number of hydrogen-bond donors (Lipinski definition) is 0. The number of carbonyl (C=O) groups excluding carboxylic acids is 1. The molecule has 138 valence electrons. The van der Waals surface area contributed by atoms with Crippen LogP contribution in [-0.2, 0) is 13.0 Å². The molecule has 5 nitrogen and oxygen atoms in total. The molecule has 0 N–H and O–H groups in total. The van der Waals surface area contributed by atoms with Crippen molar-refractivity contribution in [3.63, 3.8) is 0 Å². The van der Waals surface area contributed by atoms with Crippen LogP contribution in [-0.4, -0.2) is 40.4 Å². The van der Waals surface area contributed by atoms with Crippen LogP contribution in [0.3, 0.4) is 0 Å². The molecule has 1 aliphatic rings. The van der Waals surface area contributed by atoms with Gasteiger partial charge in [0.2, 0.25) is 0 Å². The molecule has 3 rings (SSSR count). The van der Waals surface area contributed by atoms with Crippen molar-refractivity contribution in [3.8, 4) is 0 Å². The second kappa shape index (κ2) is 8.30. The van der Waals surface area contributed by atoms with E-state index < -0.39 is 0 Å². The summed E-state index contributed by atoms with van der Waals surface area (Å²) in [6, 6.07) is 10.2. The number of benzene rings is 1. The van der Waals surface area contributed by atoms with Gasteiger partial charge in [0, 0.05) is 32.2 Å². The first kappa shape index (κ1) is 18.4. The van der Waals surface area contributed by atoms with E-state index in [1.807, 2.05) is 24.0 Å². The van der Waals surface area contributed by atoms with Crippen molar-refractivity contribution in [2.75, 3.05) is 24.5 Å². The van der Waals surface area contributed by atoms with Crippen molar-refractivity contribution < 1.29 is 4.79 Å². The number of aromatic nitrogens is 2. The Bertz CT molecular complexity index is 768. The predicted molar refractivity (Wildman–Crippen MR) is 104 cm³/mol. The summed E-state index contributed by atoms with van der Waals surface area (Å²) >= 11 is 0. The topological polar surface area (TPSA) is 49.3 Å². The maximum absolute atomic E-state index is 13.1. The molecule has 2 aromatic rings. The first-order valence-electron chi connectivity index (χ1n) is 9.59. The van der Waals surface area contributed by atoms with Crippen LogP contribution in [0.4, 0.5) is 5.82 Å². The van der Waals surface area contributed by atoms with Gasteiger partial charge in [0.15, 0.2) is 0 Å². The Balaban J connectivity index is 1.83. The lowest BCUT2D eigenvalue weighted by molar-refractivity contribution is 0.0728. The van der Waals surface area contributed by atoms with Crippen LogP contribution >= 0.6 is 0 Å². The lowest BCUT2D eigenvalue weighted by Crippen LogP contribution is -2.36. The van der Waals surface area contributed by atoms with Gasteiger partial charge in [-0.3, -0.25) is 4.79 Å². The fourth-order valence-corrected chi connectivity index (χ4v) is 3.54. The Hall–Kier alpha value is -2.43. The van der Waals surface area contributed by atoms with E-state index in [-0.39, 0.29) is 5.91 Å². The number of aryl methyl sites for hydroxylation is 1. The van der Waals surface area contributed by atoms with Crippen molar-refractivity contribution in [3.05, 3.63) is 53.0 Å². The fraction of sp³-hybridized carbons (Fsp3) is 0.476. The van der Waals surface area contributed by atoms with Crippen LogP contribution in [0.1, 0.15) is 54.1 Å². The third-order valence-corrected chi connectivity index (χ3v) is 4.77. The zero-order valence-corrected chi connectivity index (χ0v) is 16.0. The van der Waals surface area contributed by atoms with Crippen LogP contribution in [0, 0.1) is 6.92 Å². The molecule has 0 atom stereocenters. The highest BCUT2D eigenvalue weighted by Gasteiger charge is 2.23. The van der Waals surface area contributed by atoms with E-state index in [1.165, 1.54) is 11.1 Å². The van der Waals surface area contributed by atoms with Gasteiger partial charge in [-0.05, 0) is 37.3 Å². The van der Waals surface area contributed by atoms with E-state index in [1.54, 1.807) is 0 Å². The van der Waals surface area contributed by atoms with E-state index in [0.29, 0.717) is 18.1 Å². The van der Waals surface area contributed by atoms with E-state index >= 15 is 0 Å². The highest BCUT2D eigenvalue weighted by atomic mass is 16.2. The molecular formula is C21H28N4O. The largest absolute Gasteiger partial charge is 0.357 e. The van der Waals surface area contributed by atoms with Crippen LogP contribution in [0.5, 0.6) is 0 Å². The van der Waals surface area contributed by atoms with Gasteiger partial charge < -0.3 is 9.80 Å². The van der Waals surface area contributed by atoms with E-state index in [4.69, 9.17) is 0 Å². The maximum atomic E-state index is 13.1. The second-order valence-corrected chi connectivity index (χ2v) is 6.89. The van der Waals surface area contributed by atoms with Gasteiger partial charge in [0.1, 0.15) is 17.3 Å². The monoisotopic (exact) mass is 352 g/mol. The van der Waals surface area contributed by atoms with Gasteiger partial charge in [0.25, 0.3) is 5.91 Å². The summed E-state index contributed by atoms with van der Waals surface area (Å²) < 4.78 is 0. The van der Waals surface area contributed by atoms with Crippen LogP contribution < -0.4 is 4.90 Å². The van der Waals surface area contributed by atoms with Gasteiger partial charge in [-0.2, -0.15) is 0 Å². The molecule has 0 aliphatic carbocycles. The molecule has 0 saturated heterocycles. The standard InChI is InChI=1S/C21H28N4O/c1-4-11-24(12-5-2)20-14-19(22-16(3)23-20)21(26)25-13-10-17-8-6-7-9-18(17)15-25/h6-9,14H,4-5,10-13,15H2,1-3H3. The summed E-state index contributed by atoms with van der Waals surface area (Å²) in [4.78, 5) is 26.2. The minimum Gasteiger partial charge on any atom is -0.357 e. The van der Waals surface area contributed by atoms with E-state index in [9.17, 15) is 4.79 Å². The zero-order chi connectivity index (χ0) is 18.5. The highest BCUT2D eigenvalue weighted by molar-refractivity contribution is 5.93.